The molecule has 0 fully saturated rings. The predicted octanol–water partition coefficient (Wildman–Crippen LogP) is 4.12. The van der Waals surface area contributed by atoms with E-state index in [0.29, 0.717) is 22.1 Å². The number of carbonyl (C=O) groups excluding carboxylic acids is 1. The molecule has 0 unspecified atom stereocenters. The summed E-state index contributed by atoms with van der Waals surface area (Å²) in [7, 11) is 0. The molecule has 0 aliphatic rings. The zero-order valence-electron chi connectivity index (χ0n) is 10.2. The molecule has 1 amide bonds. The van der Waals surface area contributed by atoms with Crippen LogP contribution in [0.1, 0.15) is 23.0 Å². The summed E-state index contributed by atoms with van der Waals surface area (Å²) in [5, 5.41) is 16.6. The molecular weight excluding hydrogens is 410 g/mol. The van der Waals surface area contributed by atoms with Gasteiger partial charge in [-0.3, -0.25) is 10.1 Å². The van der Waals surface area contributed by atoms with Crippen LogP contribution in [0.5, 0.6) is 0 Å². The van der Waals surface area contributed by atoms with Crippen LogP contribution in [-0.2, 0) is 0 Å². The number of hydrogen-bond acceptors (Lipinski definition) is 5. The van der Waals surface area contributed by atoms with Gasteiger partial charge in [-0.05, 0) is 25.1 Å². The van der Waals surface area contributed by atoms with Crippen molar-refractivity contribution in [3.63, 3.8) is 0 Å². The summed E-state index contributed by atoms with van der Waals surface area (Å²) in [5.74, 6) is -0.258. The van der Waals surface area contributed by atoms with Crippen molar-refractivity contribution in [2.45, 2.75) is 6.92 Å². The van der Waals surface area contributed by atoms with Crippen LogP contribution in [0.2, 0.25) is 0 Å². The van der Waals surface area contributed by atoms with Crippen LogP contribution < -0.4 is 5.32 Å². The smallest absolute Gasteiger partial charge is 0.257 e. The van der Waals surface area contributed by atoms with E-state index in [-0.39, 0.29) is 5.91 Å². The molecule has 104 valence electrons. The van der Waals surface area contributed by atoms with Crippen molar-refractivity contribution in [2.75, 3.05) is 5.32 Å². The first-order valence-corrected chi connectivity index (χ1v) is 7.88. The standard InChI is InChI=1S/C12H9Br2N3O2S/c1-6(17-19)10-5-20-12(15-10)16-11(18)7-2-8(13)4-9(14)3-7/h2-5,19H,1H3,(H,15,16,18)/b17-6-. The quantitative estimate of drug-likeness (QED) is 0.447. The van der Waals surface area contributed by atoms with Gasteiger partial charge in [0.05, 0.1) is 0 Å². The topological polar surface area (TPSA) is 74.6 Å². The highest BCUT2D eigenvalue weighted by molar-refractivity contribution is 9.11. The number of hydrogen-bond donors (Lipinski definition) is 2. The number of benzene rings is 1. The molecule has 0 saturated heterocycles. The van der Waals surface area contributed by atoms with Crippen molar-refractivity contribution in [2.24, 2.45) is 5.16 Å². The number of oxime groups is 1. The van der Waals surface area contributed by atoms with Crippen LogP contribution in [0.4, 0.5) is 5.13 Å². The minimum atomic E-state index is -0.258. The number of aromatic nitrogens is 1. The third-order valence-corrected chi connectivity index (χ3v) is 4.04. The van der Waals surface area contributed by atoms with E-state index in [4.69, 9.17) is 5.21 Å². The Morgan fingerprint density at radius 2 is 2.00 bits per heavy atom. The molecule has 0 aliphatic carbocycles. The van der Waals surface area contributed by atoms with Gasteiger partial charge in [-0.1, -0.05) is 37.0 Å². The van der Waals surface area contributed by atoms with Crippen LogP contribution in [-0.4, -0.2) is 21.8 Å². The lowest BCUT2D eigenvalue weighted by Gasteiger charge is -2.03. The number of thiazole rings is 1. The Bertz CT molecular complexity index is 665. The fraction of sp³-hybridized carbons (Fsp3) is 0.0833. The van der Waals surface area contributed by atoms with Gasteiger partial charge in [-0.2, -0.15) is 0 Å². The Morgan fingerprint density at radius 1 is 1.35 bits per heavy atom. The minimum Gasteiger partial charge on any atom is -0.411 e. The Hall–Kier alpha value is -1.25. The Balaban J connectivity index is 2.17. The van der Waals surface area contributed by atoms with Crippen molar-refractivity contribution < 1.29 is 10.0 Å². The van der Waals surface area contributed by atoms with Gasteiger partial charge in [-0.25, -0.2) is 4.98 Å². The van der Waals surface area contributed by atoms with Gasteiger partial charge in [0, 0.05) is 19.9 Å². The van der Waals surface area contributed by atoms with Crippen molar-refractivity contribution >= 4 is 59.9 Å². The average Bonchev–Trinajstić information content (AvgIpc) is 2.85. The van der Waals surface area contributed by atoms with E-state index in [1.807, 2.05) is 6.07 Å². The summed E-state index contributed by atoms with van der Waals surface area (Å²) < 4.78 is 1.61. The largest absolute Gasteiger partial charge is 0.411 e. The summed E-state index contributed by atoms with van der Waals surface area (Å²) in [4.78, 5) is 16.3. The second-order valence-corrected chi connectivity index (χ2v) is 6.53. The molecule has 0 spiro atoms. The molecular formula is C12H9Br2N3O2S. The first-order chi connectivity index (χ1) is 9.49. The third kappa shape index (κ3) is 3.65. The van der Waals surface area contributed by atoms with Crippen molar-refractivity contribution in [1.82, 2.24) is 4.98 Å². The van der Waals surface area contributed by atoms with Crippen molar-refractivity contribution in [3.8, 4) is 0 Å². The second kappa shape index (κ2) is 6.47. The van der Waals surface area contributed by atoms with Gasteiger partial charge < -0.3 is 5.21 Å². The average molecular weight is 419 g/mol. The summed E-state index contributed by atoms with van der Waals surface area (Å²) in [6.07, 6.45) is 0. The highest BCUT2D eigenvalue weighted by atomic mass is 79.9. The van der Waals surface area contributed by atoms with E-state index >= 15 is 0 Å². The molecule has 8 heteroatoms. The fourth-order valence-corrected chi connectivity index (χ4v) is 3.45. The van der Waals surface area contributed by atoms with E-state index < -0.39 is 0 Å². The summed E-state index contributed by atoms with van der Waals surface area (Å²) in [6.45, 7) is 1.63. The van der Waals surface area contributed by atoms with Crippen LogP contribution in [0.3, 0.4) is 0 Å². The summed E-state index contributed by atoms with van der Waals surface area (Å²) in [6, 6.07) is 5.28. The molecule has 0 atom stereocenters. The van der Waals surface area contributed by atoms with E-state index in [0.717, 1.165) is 8.95 Å². The normalized spacial score (nSPS) is 11.4. The van der Waals surface area contributed by atoms with Gasteiger partial charge >= 0.3 is 0 Å². The molecule has 2 rings (SSSR count). The monoisotopic (exact) mass is 417 g/mol. The predicted molar refractivity (Wildman–Crippen MR) is 85.9 cm³/mol. The minimum absolute atomic E-state index is 0.258. The SMILES string of the molecule is C/C(=N/O)c1csc(NC(=O)c2cc(Br)cc(Br)c2)n1. The molecule has 0 bridgehead atoms. The summed E-state index contributed by atoms with van der Waals surface area (Å²) >= 11 is 7.93. The number of halogens is 2. The maximum Gasteiger partial charge on any atom is 0.257 e. The van der Waals surface area contributed by atoms with Gasteiger partial charge in [0.25, 0.3) is 5.91 Å². The molecule has 0 radical (unpaired) electrons. The first-order valence-electron chi connectivity index (χ1n) is 5.41. The molecule has 1 aromatic carbocycles. The third-order valence-electron chi connectivity index (χ3n) is 2.37. The maximum atomic E-state index is 12.1. The van der Waals surface area contributed by atoms with Crippen molar-refractivity contribution in [3.05, 3.63) is 43.8 Å². The van der Waals surface area contributed by atoms with E-state index in [9.17, 15) is 4.79 Å². The first kappa shape index (κ1) is 15.1. The Kier molecular flexibility index (Phi) is 4.90. The maximum absolute atomic E-state index is 12.1. The van der Waals surface area contributed by atoms with Crippen LogP contribution in [0.15, 0.2) is 37.7 Å². The van der Waals surface area contributed by atoms with Gasteiger partial charge in [-0.15, -0.1) is 11.3 Å². The number of rotatable bonds is 3. The highest BCUT2D eigenvalue weighted by Crippen LogP contribution is 2.22. The number of amides is 1. The number of nitrogens with zero attached hydrogens (tertiary/aromatic N) is 2. The van der Waals surface area contributed by atoms with E-state index in [2.05, 4.69) is 47.3 Å². The van der Waals surface area contributed by atoms with Gasteiger partial charge in [0.2, 0.25) is 0 Å². The van der Waals surface area contributed by atoms with Gasteiger partial charge in [0.15, 0.2) is 5.13 Å². The van der Waals surface area contributed by atoms with Crippen LogP contribution in [0.25, 0.3) is 0 Å². The van der Waals surface area contributed by atoms with Crippen LogP contribution >= 0.6 is 43.2 Å². The van der Waals surface area contributed by atoms with Gasteiger partial charge in [0.1, 0.15) is 11.4 Å². The van der Waals surface area contributed by atoms with Crippen molar-refractivity contribution in [1.29, 1.82) is 0 Å². The van der Waals surface area contributed by atoms with E-state index in [1.54, 1.807) is 24.4 Å². The Labute approximate surface area is 136 Å². The molecule has 0 saturated carbocycles. The molecule has 1 heterocycles. The zero-order valence-corrected chi connectivity index (χ0v) is 14.2. The van der Waals surface area contributed by atoms with Crippen LogP contribution in [0, 0.1) is 0 Å². The molecule has 2 aromatic rings. The molecule has 1 aromatic heterocycles. The fourth-order valence-electron chi connectivity index (χ4n) is 1.40. The number of nitrogens with one attached hydrogen (secondary N) is 1. The Morgan fingerprint density at radius 3 is 2.60 bits per heavy atom. The molecule has 0 aliphatic heterocycles. The summed E-state index contributed by atoms with van der Waals surface area (Å²) in [5.41, 5.74) is 1.44. The lowest BCUT2D eigenvalue weighted by Crippen LogP contribution is -2.12. The number of carbonyl (C=O) groups is 1. The van der Waals surface area contributed by atoms with E-state index in [1.165, 1.54) is 11.3 Å². The number of anilines is 1. The highest BCUT2D eigenvalue weighted by Gasteiger charge is 2.11. The zero-order chi connectivity index (χ0) is 14.7. The lowest BCUT2D eigenvalue weighted by molar-refractivity contribution is 0.102. The lowest BCUT2D eigenvalue weighted by atomic mass is 10.2. The molecule has 20 heavy (non-hydrogen) atoms. The second-order valence-electron chi connectivity index (χ2n) is 3.84. The molecule has 5 nitrogen and oxygen atoms in total. The molecule has 2 N–H and O–H groups in total.